The van der Waals surface area contributed by atoms with E-state index in [-0.39, 0.29) is 18.0 Å². The van der Waals surface area contributed by atoms with Crippen LogP contribution in [0.5, 0.6) is 11.5 Å². The Labute approximate surface area is 396 Å². The molecule has 17 nitrogen and oxygen atoms in total. The van der Waals surface area contributed by atoms with Crippen LogP contribution < -0.4 is 41.6 Å². The van der Waals surface area contributed by atoms with Gasteiger partial charge in [0.2, 0.25) is 12.3 Å². The quantitative estimate of drug-likeness (QED) is 0.0140. The number of ether oxygens (including phenoxy) is 3. The number of nitro benzene ring substituents is 1. The molecular formula is C47H85N7O10S. The number of carbonyl (C=O) groups excluding carboxylic acids is 5. The highest BCUT2D eigenvalue weighted by Gasteiger charge is 2.26. The number of hydrogen-bond acceptors (Lipinski definition) is 14. The first kappa shape index (κ1) is 66.8. The SMILES string of the molecule is CC.CC(C=O)NC(=O)C(Cc1ccccc1)NC(=O)OC(C)(C)C.CCC(C)CC.CCCC[C@H](S)NC.CNC.COc1cc(C(C)NNC=O)c([N+](=O)[O-])cc1OCCCC=O. The molecule has 0 heterocycles. The van der Waals surface area contributed by atoms with Crippen LogP contribution in [0.4, 0.5) is 10.5 Å². The molecule has 0 saturated heterocycles. The molecule has 4 atom stereocenters. The van der Waals surface area contributed by atoms with Crippen molar-refractivity contribution in [2.24, 2.45) is 5.92 Å². The third-order valence-electron chi connectivity index (χ3n) is 8.48. The largest absolute Gasteiger partial charge is 0.493 e. The number of nitrogens with one attached hydrogen (secondary N) is 6. The highest BCUT2D eigenvalue weighted by Crippen LogP contribution is 2.37. The Kier molecular flexibility index (Phi) is 44.3. The number of nitrogens with zero attached hydrogens (tertiary/aromatic N) is 1. The van der Waals surface area contributed by atoms with E-state index >= 15 is 0 Å². The molecule has 0 aliphatic heterocycles. The van der Waals surface area contributed by atoms with Gasteiger partial charge >= 0.3 is 6.09 Å². The number of unbranched alkanes of at least 4 members (excludes halogenated alkanes) is 2. The van der Waals surface area contributed by atoms with Crippen LogP contribution in [0.25, 0.3) is 0 Å². The summed E-state index contributed by atoms with van der Waals surface area (Å²) in [5, 5.41) is 22.6. The normalized spacial score (nSPS) is 11.8. The van der Waals surface area contributed by atoms with E-state index in [0.29, 0.717) is 48.6 Å². The summed E-state index contributed by atoms with van der Waals surface area (Å²) in [6, 6.07) is 10.1. The average Bonchev–Trinajstić information content (AvgIpc) is 3.29. The zero-order valence-electron chi connectivity index (χ0n) is 42.0. The fraction of sp³-hybridized carbons (Fsp3) is 0.638. The molecule has 3 amide bonds. The third kappa shape index (κ3) is 37.2. The Hall–Kier alpha value is -4.78. The Morgan fingerprint density at radius 3 is 1.92 bits per heavy atom. The van der Waals surface area contributed by atoms with Gasteiger partial charge in [-0.2, -0.15) is 12.6 Å². The summed E-state index contributed by atoms with van der Waals surface area (Å²) >= 11 is 4.25. The van der Waals surface area contributed by atoms with Crippen molar-refractivity contribution in [3.8, 4) is 11.5 Å². The molecule has 2 aromatic carbocycles. The molecule has 0 aliphatic carbocycles. The second-order valence-electron chi connectivity index (χ2n) is 15.3. The monoisotopic (exact) mass is 940 g/mol. The summed E-state index contributed by atoms with van der Waals surface area (Å²) in [7, 11) is 7.11. The molecule has 2 rings (SSSR count). The van der Waals surface area contributed by atoms with Crippen molar-refractivity contribution in [1.29, 1.82) is 0 Å². The molecule has 374 valence electrons. The molecule has 0 radical (unpaired) electrons. The standard InChI is InChI=1S/C17H24N2O4.C14H19N3O6.C6H15NS.C6H14.C2H7N.C2H6/c1-12(11-20)18-15(21)14(10-13-8-6-5-7-9-13)19-16(22)23-17(2,3)4;1-10(16-15-9-19)11-7-13(22-2)14(8-12(11)17(20)21)23-6-4-3-5-18;1-3-4-5-6(8)7-2;1-4-6(3)5-2;1-3-2;1-2/h5-9,11-12,14H,10H2,1-4H3,(H,18,21)(H,19,22);5,7-10,16H,3-4,6H2,1-2H3,(H,15,19);6-8H,3-5H2,1-2H3;6H,4-5H2,1-3H3;3H,1-2H3;1-2H3/t;;6-;;;/m..0.../s1. The summed E-state index contributed by atoms with van der Waals surface area (Å²) in [5.41, 5.74) is 5.28. The van der Waals surface area contributed by atoms with Crippen LogP contribution in [0.3, 0.4) is 0 Å². The number of amides is 3. The van der Waals surface area contributed by atoms with Crippen LogP contribution >= 0.6 is 12.6 Å². The van der Waals surface area contributed by atoms with Crippen molar-refractivity contribution in [2.45, 2.75) is 157 Å². The lowest BCUT2D eigenvalue weighted by Crippen LogP contribution is -2.51. The van der Waals surface area contributed by atoms with Crippen LogP contribution in [0, 0.1) is 16.0 Å². The van der Waals surface area contributed by atoms with Crippen molar-refractivity contribution in [2.75, 3.05) is 34.9 Å². The Morgan fingerprint density at radius 1 is 0.908 bits per heavy atom. The summed E-state index contributed by atoms with van der Waals surface area (Å²) in [6.45, 7) is 21.6. The van der Waals surface area contributed by atoms with Gasteiger partial charge in [0.05, 0.1) is 42.4 Å². The third-order valence-corrected chi connectivity index (χ3v) is 9.00. The van der Waals surface area contributed by atoms with E-state index in [0.717, 1.165) is 17.8 Å². The molecular weight excluding hydrogens is 855 g/mol. The van der Waals surface area contributed by atoms with Crippen molar-refractivity contribution in [3.05, 3.63) is 63.7 Å². The topological polar surface area (TPSA) is 228 Å². The minimum Gasteiger partial charge on any atom is -0.493 e. The molecule has 2 aromatic rings. The smallest absolute Gasteiger partial charge is 0.408 e. The number of hydrogen-bond donors (Lipinski definition) is 7. The maximum absolute atomic E-state index is 12.3. The second kappa shape index (κ2) is 43.1. The van der Waals surface area contributed by atoms with Crippen molar-refractivity contribution < 1.29 is 43.1 Å². The van der Waals surface area contributed by atoms with Crippen molar-refractivity contribution in [1.82, 2.24) is 32.1 Å². The van der Waals surface area contributed by atoms with E-state index in [1.807, 2.05) is 65.3 Å². The van der Waals surface area contributed by atoms with E-state index in [9.17, 15) is 34.1 Å². The number of rotatable bonds is 23. The van der Waals surface area contributed by atoms with Gasteiger partial charge in [0.25, 0.3) is 5.69 Å². The number of alkyl carbamates (subject to hydrolysis) is 1. The van der Waals surface area contributed by atoms with E-state index < -0.39 is 40.7 Å². The minimum absolute atomic E-state index is 0.163. The lowest BCUT2D eigenvalue weighted by molar-refractivity contribution is -0.385. The van der Waals surface area contributed by atoms with E-state index in [2.05, 4.69) is 72.4 Å². The predicted molar refractivity (Wildman–Crippen MR) is 266 cm³/mol. The zero-order chi connectivity index (χ0) is 50.8. The molecule has 0 aliphatic rings. The summed E-state index contributed by atoms with van der Waals surface area (Å²) in [5.74, 6) is 1.06. The minimum atomic E-state index is -0.824. The maximum atomic E-state index is 12.3. The first-order valence-electron chi connectivity index (χ1n) is 22.4. The lowest BCUT2D eigenvalue weighted by Gasteiger charge is -2.24. The Bertz CT molecular complexity index is 1530. The molecule has 65 heavy (non-hydrogen) atoms. The highest BCUT2D eigenvalue weighted by molar-refractivity contribution is 7.80. The summed E-state index contributed by atoms with van der Waals surface area (Å²) in [4.78, 5) is 66.3. The maximum Gasteiger partial charge on any atom is 0.408 e. The van der Waals surface area contributed by atoms with Gasteiger partial charge in [-0.15, -0.1) is 0 Å². The number of methoxy groups -OCH3 is 1. The van der Waals surface area contributed by atoms with Gasteiger partial charge in [-0.1, -0.05) is 97.6 Å². The van der Waals surface area contributed by atoms with Gasteiger partial charge in [-0.05, 0) is 86.2 Å². The number of hydrazine groups is 1. The Morgan fingerprint density at radius 2 is 1.49 bits per heavy atom. The summed E-state index contributed by atoms with van der Waals surface area (Å²) < 4.78 is 15.8. The molecule has 0 bridgehead atoms. The molecule has 18 heteroatoms. The van der Waals surface area contributed by atoms with E-state index in [4.69, 9.17) is 14.2 Å². The van der Waals surface area contributed by atoms with Crippen molar-refractivity contribution in [3.63, 3.8) is 0 Å². The van der Waals surface area contributed by atoms with E-state index in [1.54, 1.807) is 34.6 Å². The molecule has 3 unspecified atom stereocenters. The highest BCUT2D eigenvalue weighted by atomic mass is 32.1. The van der Waals surface area contributed by atoms with Gasteiger partial charge < -0.3 is 45.1 Å². The van der Waals surface area contributed by atoms with Crippen LogP contribution in [0.15, 0.2) is 42.5 Å². The van der Waals surface area contributed by atoms with Crippen LogP contribution in [0.2, 0.25) is 0 Å². The van der Waals surface area contributed by atoms with Crippen LogP contribution in [-0.4, -0.2) is 93.8 Å². The molecule has 6 N–H and O–H groups in total. The number of nitro groups is 1. The van der Waals surface area contributed by atoms with Gasteiger partial charge in [0.1, 0.15) is 24.2 Å². The van der Waals surface area contributed by atoms with Crippen LogP contribution in [-0.2, 0) is 30.3 Å². The fourth-order valence-electron chi connectivity index (χ4n) is 4.63. The number of benzene rings is 2. The van der Waals surface area contributed by atoms with Crippen LogP contribution in [0.1, 0.15) is 138 Å². The van der Waals surface area contributed by atoms with Gasteiger partial charge in [0.15, 0.2) is 11.5 Å². The summed E-state index contributed by atoms with van der Waals surface area (Å²) in [6.07, 6.45) is 8.69. The number of aldehydes is 2. The van der Waals surface area contributed by atoms with Crippen molar-refractivity contribution >= 4 is 49.3 Å². The average molecular weight is 940 g/mol. The number of carbonyl (C=O) groups is 5. The molecule has 0 fully saturated rings. The van der Waals surface area contributed by atoms with E-state index in [1.165, 1.54) is 51.3 Å². The fourth-order valence-corrected chi connectivity index (χ4v) is 4.81. The first-order valence-corrected chi connectivity index (χ1v) is 22.9. The van der Waals surface area contributed by atoms with Gasteiger partial charge in [-0.25, -0.2) is 10.2 Å². The van der Waals surface area contributed by atoms with Gasteiger partial charge in [0, 0.05) is 18.2 Å². The van der Waals surface area contributed by atoms with Gasteiger partial charge in [-0.3, -0.25) is 25.1 Å². The molecule has 0 aromatic heterocycles. The molecule has 0 saturated carbocycles. The number of thiol groups is 1. The first-order chi connectivity index (χ1) is 30.8. The lowest BCUT2D eigenvalue weighted by atomic mass is 10.1. The Balaban J connectivity index is -0.000000412. The zero-order valence-corrected chi connectivity index (χ0v) is 42.9. The second-order valence-corrected chi connectivity index (χ2v) is 15.9. The predicted octanol–water partition coefficient (Wildman–Crippen LogP) is 8.06. The molecule has 0 spiro atoms.